The van der Waals surface area contributed by atoms with E-state index in [2.05, 4.69) is 15.3 Å². The van der Waals surface area contributed by atoms with Gasteiger partial charge in [0.1, 0.15) is 5.75 Å². The molecule has 1 amide bonds. The first-order valence-electron chi connectivity index (χ1n) is 6.33. The Morgan fingerprint density at radius 2 is 2.37 bits per heavy atom. The van der Waals surface area contributed by atoms with Gasteiger partial charge in [-0.15, -0.1) is 0 Å². The number of para-hydroxylation sites is 1. The van der Waals surface area contributed by atoms with E-state index in [4.69, 9.17) is 10.3 Å². The molecule has 0 fully saturated rings. The third-order valence-corrected chi connectivity index (χ3v) is 3.07. The number of azide groups is 1. The first kappa shape index (κ1) is 13.2. The fourth-order valence-corrected chi connectivity index (χ4v) is 2.14. The summed E-state index contributed by atoms with van der Waals surface area (Å²) in [6.45, 7) is 1.49. The van der Waals surface area contributed by atoms with Gasteiger partial charge in [-0.3, -0.25) is 4.79 Å². The van der Waals surface area contributed by atoms with Crippen LogP contribution in [0.15, 0.2) is 29.4 Å². The minimum absolute atomic E-state index is 0.0108. The van der Waals surface area contributed by atoms with Crippen molar-refractivity contribution < 1.29 is 9.53 Å². The van der Waals surface area contributed by atoms with Crippen LogP contribution in [0.4, 0.5) is 0 Å². The Morgan fingerprint density at radius 1 is 1.53 bits per heavy atom. The van der Waals surface area contributed by atoms with Crippen molar-refractivity contribution in [1.82, 2.24) is 5.32 Å². The van der Waals surface area contributed by atoms with Crippen molar-refractivity contribution in [3.8, 4) is 5.75 Å². The highest BCUT2D eigenvalue weighted by Gasteiger charge is 2.26. The van der Waals surface area contributed by atoms with Crippen LogP contribution in [0.25, 0.3) is 10.4 Å². The molecule has 1 heterocycles. The lowest BCUT2D eigenvalue weighted by Gasteiger charge is -2.25. The lowest BCUT2D eigenvalue weighted by molar-refractivity contribution is -0.123. The second kappa shape index (κ2) is 6.66. The molecule has 0 saturated heterocycles. The van der Waals surface area contributed by atoms with E-state index in [0.29, 0.717) is 32.5 Å². The molecule has 1 aromatic carbocycles. The smallest absolute Gasteiger partial charge is 0.227 e. The summed E-state index contributed by atoms with van der Waals surface area (Å²) in [6.07, 6.45) is 1.35. The zero-order chi connectivity index (χ0) is 13.5. The fourth-order valence-electron chi connectivity index (χ4n) is 2.14. The number of rotatable bonds is 5. The number of hydrogen-bond acceptors (Lipinski definition) is 3. The van der Waals surface area contributed by atoms with Crippen molar-refractivity contribution in [2.24, 2.45) is 5.11 Å². The number of hydrogen-bond donors (Lipinski definition) is 1. The van der Waals surface area contributed by atoms with Gasteiger partial charge in [-0.1, -0.05) is 23.3 Å². The van der Waals surface area contributed by atoms with Crippen LogP contribution in [0.3, 0.4) is 0 Å². The van der Waals surface area contributed by atoms with Crippen molar-refractivity contribution in [2.45, 2.75) is 18.8 Å². The number of nitrogens with zero attached hydrogens (tertiary/aromatic N) is 3. The van der Waals surface area contributed by atoms with Gasteiger partial charge in [-0.25, -0.2) is 0 Å². The van der Waals surface area contributed by atoms with Gasteiger partial charge in [0, 0.05) is 23.6 Å². The second-order valence-electron chi connectivity index (χ2n) is 4.33. The number of nitrogens with one attached hydrogen (secondary N) is 1. The van der Waals surface area contributed by atoms with Gasteiger partial charge in [-0.2, -0.15) is 0 Å². The summed E-state index contributed by atoms with van der Waals surface area (Å²) >= 11 is 0. The third-order valence-electron chi connectivity index (χ3n) is 3.07. The zero-order valence-corrected chi connectivity index (χ0v) is 10.6. The highest BCUT2D eigenvalue weighted by atomic mass is 16.5. The summed E-state index contributed by atoms with van der Waals surface area (Å²) in [5.41, 5.74) is 9.09. The van der Waals surface area contributed by atoms with E-state index in [1.54, 1.807) is 0 Å². The SMILES string of the molecule is [N-]=[N+]=NCCCNC(=O)C1CCOc2ccccc21. The lowest BCUT2D eigenvalue weighted by atomic mass is 9.92. The molecule has 100 valence electrons. The molecule has 0 aromatic heterocycles. The van der Waals surface area contributed by atoms with Crippen molar-refractivity contribution in [1.29, 1.82) is 0 Å². The molecule has 1 N–H and O–H groups in total. The Kier molecular flexibility index (Phi) is 4.64. The monoisotopic (exact) mass is 260 g/mol. The summed E-state index contributed by atoms with van der Waals surface area (Å²) in [5.74, 6) is 0.657. The van der Waals surface area contributed by atoms with E-state index in [9.17, 15) is 4.79 Å². The molecule has 6 nitrogen and oxygen atoms in total. The maximum atomic E-state index is 12.1. The number of ether oxygens (including phenoxy) is 1. The number of carbonyl (C=O) groups is 1. The van der Waals surface area contributed by atoms with Crippen molar-refractivity contribution in [2.75, 3.05) is 19.7 Å². The Balaban J connectivity index is 1.91. The molecule has 19 heavy (non-hydrogen) atoms. The molecule has 0 spiro atoms. The van der Waals surface area contributed by atoms with Crippen LogP contribution in [-0.4, -0.2) is 25.6 Å². The minimum Gasteiger partial charge on any atom is -0.493 e. The summed E-state index contributed by atoms with van der Waals surface area (Å²) in [6, 6.07) is 7.63. The van der Waals surface area contributed by atoms with E-state index >= 15 is 0 Å². The van der Waals surface area contributed by atoms with E-state index in [0.717, 1.165) is 11.3 Å². The molecule has 0 saturated carbocycles. The topological polar surface area (TPSA) is 87.1 Å². The number of benzene rings is 1. The Bertz CT molecular complexity index is 497. The van der Waals surface area contributed by atoms with Crippen LogP contribution in [0.5, 0.6) is 5.75 Å². The van der Waals surface area contributed by atoms with Crippen LogP contribution >= 0.6 is 0 Å². The highest BCUT2D eigenvalue weighted by molar-refractivity contribution is 5.84. The predicted molar refractivity (Wildman–Crippen MR) is 70.9 cm³/mol. The predicted octanol–water partition coefficient (Wildman–Crippen LogP) is 2.37. The van der Waals surface area contributed by atoms with E-state index < -0.39 is 0 Å². The summed E-state index contributed by atoms with van der Waals surface area (Å²) in [4.78, 5) is 14.8. The van der Waals surface area contributed by atoms with Crippen LogP contribution in [0.1, 0.15) is 24.3 Å². The largest absolute Gasteiger partial charge is 0.493 e. The molecule has 0 radical (unpaired) electrons. The van der Waals surface area contributed by atoms with Crippen molar-refractivity contribution in [3.63, 3.8) is 0 Å². The van der Waals surface area contributed by atoms with Crippen LogP contribution in [0, 0.1) is 0 Å². The molecule has 1 aliphatic rings. The third kappa shape index (κ3) is 3.39. The van der Waals surface area contributed by atoms with Gasteiger partial charge >= 0.3 is 0 Å². The molecule has 6 heteroatoms. The maximum absolute atomic E-state index is 12.1. The maximum Gasteiger partial charge on any atom is 0.227 e. The van der Waals surface area contributed by atoms with Crippen molar-refractivity contribution >= 4 is 5.91 Å². The highest BCUT2D eigenvalue weighted by Crippen LogP contribution is 2.33. The Labute approximate surface area is 111 Å². The fraction of sp³-hybridized carbons (Fsp3) is 0.462. The number of fused-ring (bicyclic) bond motifs is 1. The molecule has 1 aromatic rings. The van der Waals surface area contributed by atoms with E-state index in [1.165, 1.54) is 0 Å². The average molecular weight is 260 g/mol. The van der Waals surface area contributed by atoms with Crippen LogP contribution in [-0.2, 0) is 4.79 Å². The van der Waals surface area contributed by atoms with E-state index in [1.807, 2.05) is 24.3 Å². The molecule has 1 aliphatic heterocycles. The van der Waals surface area contributed by atoms with E-state index in [-0.39, 0.29) is 11.8 Å². The molecule has 1 unspecified atom stereocenters. The van der Waals surface area contributed by atoms with Crippen LogP contribution < -0.4 is 10.1 Å². The van der Waals surface area contributed by atoms with Gasteiger partial charge in [0.2, 0.25) is 5.91 Å². The van der Waals surface area contributed by atoms with Crippen molar-refractivity contribution in [3.05, 3.63) is 40.3 Å². The molecule has 1 atom stereocenters. The molecule has 0 bridgehead atoms. The van der Waals surface area contributed by atoms with Gasteiger partial charge in [0.05, 0.1) is 12.5 Å². The Morgan fingerprint density at radius 3 is 3.21 bits per heavy atom. The van der Waals surface area contributed by atoms with Gasteiger partial charge in [-0.05, 0) is 24.4 Å². The second-order valence-corrected chi connectivity index (χ2v) is 4.33. The molecule has 0 aliphatic carbocycles. The zero-order valence-electron chi connectivity index (χ0n) is 10.6. The molecular weight excluding hydrogens is 244 g/mol. The van der Waals surface area contributed by atoms with Gasteiger partial charge in [0.15, 0.2) is 0 Å². The van der Waals surface area contributed by atoms with Crippen LogP contribution in [0.2, 0.25) is 0 Å². The summed E-state index contributed by atoms with van der Waals surface area (Å²) in [5, 5.41) is 6.30. The average Bonchev–Trinajstić information content (AvgIpc) is 2.46. The summed E-state index contributed by atoms with van der Waals surface area (Å²) < 4.78 is 5.53. The summed E-state index contributed by atoms with van der Waals surface area (Å²) in [7, 11) is 0. The van der Waals surface area contributed by atoms with Gasteiger partial charge in [0.25, 0.3) is 0 Å². The first-order chi connectivity index (χ1) is 9.33. The number of amides is 1. The molecule has 2 rings (SSSR count). The first-order valence-corrected chi connectivity index (χ1v) is 6.33. The minimum atomic E-state index is -0.149. The normalized spacial score (nSPS) is 16.7. The van der Waals surface area contributed by atoms with Gasteiger partial charge < -0.3 is 10.1 Å². The lowest BCUT2D eigenvalue weighted by Crippen LogP contribution is -2.33. The molecular formula is C13H16N4O2. The quantitative estimate of drug-likeness (QED) is 0.381. The number of carbonyl (C=O) groups excluding carboxylic acids is 1. The Hall–Kier alpha value is -2.20. The standard InChI is InChI=1S/C13H16N4O2/c14-17-16-8-3-7-15-13(18)11-6-9-19-12-5-2-1-4-10(11)12/h1-2,4-5,11H,3,6-9H2,(H,15,18).